The van der Waals surface area contributed by atoms with Gasteiger partial charge in [-0.05, 0) is 25.3 Å². The van der Waals surface area contributed by atoms with Crippen molar-refractivity contribution in [1.82, 2.24) is 5.32 Å². The van der Waals surface area contributed by atoms with Gasteiger partial charge < -0.3 is 11.1 Å². The normalized spacial score (nSPS) is 13.6. The van der Waals surface area contributed by atoms with Crippen LogP contribution in [0.3, 0.4) is 0 Å². The third-order valence-corrected chi connectivity index (χ3v) is 2.22. The van der Waals surface area contributed by atoms with Crippen molar-refractivity contribution in [2.45, 2.75) is 38.8 Å². The average Bonchev–Trinajstić information content (AvgIpc) is 2.12. The lowest BCUT2D eigenvalue weighted by Gasteiger charge is -2.16. The molecule has 0 aromatic heterocycles. The summed E-state index contributed by atoms with van der Waals surface area (Å²) in [6.07, 6.45) is -3.32. The molecule has 3 nitrogen and oxygen atoms in total. The SMILES string of the molecule is CCCC(CCN)CNC(=O)CC(F)(F)F. The fourth-order valence-electron chi connectivity index (χ4n) is 1.50. The Morgan fingerprint density at radius 2 is 2.00 bits per heavy atom. The number of carbonyl (C=O) groups excluding carboxylic acids is 1. The maximum atomic E-state index is 11.8. The lowest BCUT2D eigenvalue weighted by molar-refractivity contribution is -0.153. The highest BCUT2D eigenvalue weighted by Gasteiger charge is 2.31. The van der Waals surface area contributed by atoms with Crippen LogP contribution < -0.4 is 11.1 Å². The summed E-state index contributed by atoms with van der Waals surface area (Å²) in [7, 11) is 0. The van der Waals surface area contributed by atoms with E-state index < -0.39 is 18.5 Å². The number of carbonyl (C=O) groups is 1. The largest absolute Gasteiger partial charge is 0.397 e. The molecular formula is C10H19F3N2O. The van der Waals surface area contributed by atoms with Crippen molar-refractivity contribution in [2.75, 3.05) is 13.1 Å². The number of rotatable bonds is 7. The van der Waals surface area contributed by atoms with E-state index in [1.165, 1.54) is 0 Å². The fraction of sp³-hybridized carbons (Fsp3) is 0.900. The maximum Gasteiger partial charge on any atom is 0.397 e. The molecule has 1 amide bonds. The zero-order valence-electron chi connectivity index (χ0n) is 9.44. The van der Waals surface area contributed by atoms with Gasteiger partial charge >= 0.3 is 6.18 Å². The van der Waals surface area contributed by atoms with Gasteiger partial charge in [-0.3, -0.25) is 4.79 Å². The van der Waals surface area contributed by atoms with E-state index in [0.717, 1.165) is 19.3 Å². The zero-order chi connectivity index (χ0) is 12.6. The van der Waals surface area contributed by atoms with Crippen LogP contribution in [0, 0.1) is 5.92 Å². The molecule has 1 atom stereocenters. The summed E-state index contributed by atoms with van der Waals surface area (Å²) in [5.41, 5.74) is 5.38. The van der Waals surface area contributed by atoms with Gasteiger partial charge in [0.25, 0.3) is 0 Å². The number of nitrogens with one attached hydrogen (secondary N) is 1. The van der Waals surface area contributed by atoms with Crippen LogP contribution in [0.15, 0.2) is 0 Å². The molecule has 96 valence electrons. The monoisotopic (exact) mass is 240 g/mol. The van der Waals surface area contributed by atoms with Crippen LogP contribution in [0.5, 0.6) is 0 Å². The minimum absolute atomic E-state index is 0.173. The second kappa shape index (κ2) is 7.49. The van der Waals surface area contributed by atoms with Gasteiger partial charge in [0.1, 0.15) is 6.42 Å². The summed E-state index contributed by atoms with van der Waals surface area (Å²) in [5.74, 6) is -0.794. The second-order valence-electron chi connectivity index (χ2n) is 3.83. The molecule has 0 aliphatic carbocycles. The van der Waals surface area contributed by atoms with Crippen LogP contribution in [-0.4, -0.2) is 25.2 Å². The summed E-state index contributed by atoms with van der Waals surface area (Å²) < 4.78 is 35.5. The lowest BCUT2D eigenvalue weighted by atomic mass is 10.00. The molecule has 0 saturated heterocycles. The molecule has 6 heteroatoms. The summed E-state index contributed by atoms with van der Waals surface area (Å²) in [6.45, 7) is 2.75. The Hall–Kier alpha value is -0.780. The van der Waals surface area contributed by atoms with Gasteiger partial charge in [-0.15, -0.1) is 0 Å². The molecule has 0 aromatic rings. The van der Waals surface area contributed by atoms with Crippen LogP contribution >= 0.6 is 0 Å². The summed E-state index contributed by atoms with van der Waals surface area (Å²) in [4.78, 5) is 10.9. The Labute approximate surface area is 93.6 Å². The van der Waals surface area contributed by atoms with E-state index in [1.54, 1.807) is 0 Å². The Kier molecular flexibility index (Phi) is 7.12. The topological polar surface area (TPSA) is 55.1 Å². The minimum atomic E-state index is -4.43. The van der Waals surface area contributed by atoms with E-state index in [1.807, 2.05) is 6.92 Å². The fourth-order valence-corrected chi connectivity index (χ4v) is 1.50. The summed E-state index contributed by atoms with van der Waals surface area (Å²) in [6, 6.07) is 0. The Bertz CT molecular complexity index is 201. The molecule has 0 bridgehead atoms. The molecule has 0 rings (SSSR count). The zero-order valence-corrected chi connectivity index (χ0v) is 9.44. The van der Waals surface area contributed by atoms with Crippen molar-refractivity contribution in [1.29, 1.82) is 0 Å². The predicted molar refractivity (Wildman–Crippen MR) is 55.8 cm³/mol. The van der Waals surface area contributed by atoms with E-state index in [2.05, 4.69) is 5.32 Å². The van der Waals surface area contributed by atoms with Gasteiger partial charge in [0.2, 0.25) is 5.91 Å². The standard InChI is InChI=1S/C10H19F3N2O/c1-2-3-8(4-5-14)7-15-9(16)6-10(11,12)13/h8H,2-7,14H2,1H3,(H,15,16). The molecule has 0 fully saturated rings. The van der Waals surface area contributed by atoms with Crippen LogP contribution in [-0.2, 0) is 4.79 Å². The van der Waals surface area contributed by atoms with Crippen LogP contribution in [0.2, 0.25) is 0 Å². The number of halogens is 3. The van der Waals surface area contributed by atoms with E-state index >= 15 is 0 Å². The first kappa shape index (κ1) is 15.2. The summed E-state index contributed by atoms with van der Waals surface area (Å²) >= 11 is 0. The first-order chi connectivity index (χ1) is 7.39. The Balaban J connectivity index is 3.86. The molecule has 1 unspecified atom stereocenters. The first-order valence-corrected chi connectivity index (χ1v) is 5.42. The maximum absolute atomic E-state index is 11.8. The van der Waals surface area contributed by atoms with E-state index in [0.29, 0.717) is 6.54 Å². The van der Waals surface area contributed by atoms with Gasteiger partial charge in [0, 0.05) is 6.54 Å². The molecule has 0 saturated carbocycles. The smallest absolute Gasteiger partial charge is 0.356 e. The molecule has 3 N–H and O–H groups in total. The summed E-state index contributed by atoms with van der Waals surface area (Å²) in [5, 5.41) is 2.29. The number of nitrogens with two attached hydrogens (primary N) is 1. The molecular weight excluding hydrogens is 221 g/mol. The average molecular weight is 240 g/mol. The van der Waals surface area contributed by atoms with Crippen LogP contribution in [0.4, 0.5) is 13.2 Å². The van der Waals surface area contributed by atoms with Gasteiger partial charge in [0.15, 0.2) is 0 Å². The first-order valence-electron chi connectivity index (χ1n) is 5.42. The van der Waals surface area contributed by atoms with Crippen molar-refractivity contribution >= 4 is 5.91 Å². The van der Waals surface area contributed by atoms with Crippen LogP contribution in [0.1, 0.15) is 32.6 Å². The van der Waals surface area contributed by atoms with Crippen molar-refractivity contribution in [3.8, 4) is 0 Å². The quantitative estimate of drug-likeness (QED) is 0.713. The van der Waals surface area contributed by atoms with E-state index in [-0.39, 0.29) is 12.5 Å². The number of hydrogen-bond acceptors (Lipinski definition) is 2. The second-order valence-corrected chi connectivity index (χ2v) is 3.83. The number of amides is 1. The molecule has 0 aliphatic heterocycles. The highest BCUT2D eigenvalue weighted by molar-refractivity contribution is 5.76. The van der Waals surface area contributed by atoms with Crippen LogP contribution in [0.25, 0.3) is 0 Å². The lowest BCUT2D eigenvalue weighted by Crippen LogP contribution is -2.33. The molecule has 0 radical (unpaired) electrons. The Morgan fingerprint density at radius 1 is 1.38 bits per heavy atom. The van der Waals surface area contributed by atoms with Crippen molar-refractivity contribution in [3.05, 3.63) is 0 Å². The highest BCUT2D eigenvalue weighted by Crippen LogP contribution is 2.19. The molecule has 0 aliphatic rings. The van der Waals surface area contributed by atoms with Gasteiger partial charge in [-0.1, -0.05) is 13.3 Å². The Morgan fingerprint density at radius 3 is 2.44 bits per heavy atom. The predicted octanol–water partition coefficient (Wildman–Crippen LogP) is 1.82. The van der Waals surface area contributed by atoms with Gasteiger partial charge in [0.05, 0.1) is 0 Å². The van der Waals surface area contributed by atoms with Crippen molar-refractivity contribution < 1.29 is 18.0 Å². The number of hydrogen-bond donors (Lipinski definition) is 2. The molecule has 0 heterocycles. The third kappa shape index (κ3) is 8.52. The third-order valence-electron chi connectivity index (χ3n) is 2.22. The molecule has 16 heavy (non-hydrogen) atoms. The number of alkyl halides is 3. The molecule has 0 aromatic carbocycles. The van der Waals surface area contributed by atoms with Crippen molar-refractivity contribution in [2.24, 2.45) is 11.7 Å². The molecule has 0 spiro atoms. The minimum Gasteiger partial charge on any atom is -0.356 e. The van der Waals surface area contributed by atoms with E-state index in [4.69, 9.17) is 5.73 Å². The highest BCUT2D eigenvalue weighted by atomic mass is 19.4. The van der Waals surface area contributed by atoms with E-state index in [9.17, 15) is 18.0 Å². The van der Waals surface area contributed by atoms with Gasteiger partial charge in [-0.25, -0.2) is 0 Å². The van der Waals surface area contributed by atoms with Crippen molar-refractivity contribution in [3.63, 3.8) is 0 Å². The van der Waals surface area contributed by atoms with Gasteiger partial charge in [-0.2, -0.15) is 13.2 Å².